The third-order valence-electron chi connectivity index (χ3n) is 4.72. The minimum absolute atomic E-state index is 0.0675. The molecule has 0 fully saturated rings. The molecule has 0 aliphatic heterocycles. The highest BCUT2D eigenvalue weighted by molar-refractivity contribution is 6.04. The summed E-state index contributed by atoms with van der Waals surface area (Å²) in [5.41, 5.74) is 6.01. The number of rotatable bonds is 6. The van der Waals surface area contributed by atoms with Crippen LogP contribution in [0.5, 0.6) is 5.75 Å². The van der Waals surface area contributed by atoms with Gasteiger partial charge < -0.3 is 10.1 Å². The first-order valence-electron chi connectivity index (χ1n) is 9.49. The number of benzene rings is 2. The molecule has 5 heteroatoms. The molecule has 0 spiro atoms. The number of nitrogens with one attached hydrogen (secondary N) is 1. The van der Waals surface area contributed by atoms with Crippen LogP contribution in [0.1, 0.15) is 46.7 Å². The Balaban J connectivity index is 1.68. The normalized spacial score (nSPS) is 10.9. The molecule has 0 aliphatic rings. The maximum absolute atomic E-state index is 12.5. The Hall–Kier alpha value is -3.08. The monoisotopic (exact) mass is 377 g/mol. The number of ether oxygens (including phenoxy) is 1. The predicted octanol–water partition coefficient (Wildman–Crippen LogP) is 4.67. The van der Waals surface area contributed by atoms with E-state index in [-0.39, 0.29) is 12.0 Å². The maximum Gasteiger partial charge on any atom is 0.255 e. The number of aryl methyl sites for hydroxylation is 2. The van der Waals surface area contributed by atoms with Crippen LogP contribution in [0.15, 0.2) is 48.5 Å². The molecule has 28 heavy (non-hydrogen) atoms. The molecule has 0 saturated heterocycles. The van der Waals surface area contributed by atoms with E-state index in [1.54, 1.807) is 12.1 Å². The van der Waals surface area contributed by atoms with Crippen molar-refractivity contribution in [1.82, 2.24) is 9.78 Å². The second-order valence-corrected chi connectivity index (χ2v) is 7.30. The van der Waals surface area contributed by atoms with Gasteiger partial charge in [0, 0.05) is 36.0 Å². The van der Waals surface area contributed by atoms with Gasteiger partial charge in [0.05, 0.1) is 11.8 Å². The number of carbonyl (C=O) groups excluding carboxylic acids is 1. The summed E-state index contributed by atoms with van der Waals surface area (Å²) in [4.78, 5) is 12.5. The van der Waals surface area contributed by atoms with Crippen LogP contribution in [0.3, 0.4) is 0 Å². The van der Waals surface area contributed by atoms with Crippen LogP contribution < -0.4 is 10.1 Å². The van der Waals surface area contributed by atoms with Crippen LogP contribution in [-0.2, 0) is 13.5 Å². The van der Waals surface area contributed by atoms with Gasteiger partial charge in [-0.15, -0.1) is 0 Å². The van der Waals surface area contributed by atoms with E-state index >= 15 is 0 Å². The van der Waals surface area contributed by atoms with E-state index in [1.807, 2.05) is 68.9 Å². The Morgan fingerprint density at radius 2 is 1.86 bits per heavy atom. The Morgan fingerprint density at radius 1 is 1.14 bits per heavy atom. The Bertz CT molecular complexity index is 972. The van der Waals surface area contributed by atoms with Crippen LogP contribution in [0.2, 0.25) is 0 Å². The van der Waals surface area contributed by atoms with Crippen molar-refractivity contribution in [2.45, 2.75) is 40.2 Å². The minimum Gasteiger partial charge on any atom is -0.491 e. The summed E-state index contributed by atoms with van der Waals surface area (Å²) in [7, 11) is 1.96. The molecule has 0 unspecified atom stereocenters. The van der Waals surface area contributed by atoms with Gasteiger partial charge in [-0.1, -0.05) is 18.2 Å². The number of amides is 1. The molecule has 2 aromatic carbocycles. The third-order valence-corrected chi connectivity index (χ3v) is 4.72. The van der Waals surface area contributed by atoms with Crippen LogP contribution in [0, 0.1) is 13.8 Å². The van der Waals surface area contributed by atoms with E-state index in [4.69, 9.17) is 4.74 Å². The lowest BCUT2D eigenvalue weighted by Crippen LogP contribution is -2.12. The van der Waals surface area contributed by atoms with Crippen LogP contribution in [0.25, 0.3) is 0 Å². The van der Waals surface area contributed by atoms with E-state index in [0.717, 1.165) is 17.8 Å². The molecule has 0 aliphatic carbocycles. The number of hydrogen-bond acceptors (Lipinski definition) is 3. The fraction of sp³-hybridized carbons (Fsp3) is 0.304. The van der Waals surface area contributed by atoms with Gasteiger partial charge in [0.15, 0.2) is 0 Å². The second kappa shape index (κ2) is 8.30. The fourth-order valence-corrected chi connectivity index (χ4v) is 3.17. The van der Waals surface area contributed by atoms with Crippen molar-refractivity contribution in [3.05, 3.63) is 76.6 Å². The van der Waals surface area contributed by atoms with Gasteiger partial charge in [-0.05, 0) is 63.6 Å². The number of nitrogens with zero attached hydrogens (tertiary/aromatic N) is 2. The first-order valence-corrected chi connectivity index (χ1v) is 9.49. The van der Waals surface area contributed by atoms with E-state index in [2.05, 4.69) is 17.3 Å². The standard InChI is InChI=1S/C23H27N3O2/c1-15(2)28-21-8-6-7-19(14-21)23(27)24-20-11-9-18(10-12-20)13-22-16(3)25-26(5)17(22)4/h6-12,14-15H,13H2,1-5H3,(H,24,27). The zero-order chi connectivity index (χ0) is 20.3. The SMILES string of the molecule is Cc1nn(C)c(C)c1Cc1ccc(NC(=O)c2cccc(OC(C)C)c2)cc1. The average Bonchev–Trinajstić information content (AvgIpc) is 2.89. The highest BCUT2D eigenvalue weighted by Crippen LogP contribution is 2.20. The van der Waals surface area contributed by atoms with Crippen molar-refractivity contribution in [3.8, 4) is 5.75 Å². The lowest BCUT2D eigenvalue weighted by atomic mass is 10.0. The van der Waals surface area contributed by atoms with Gasteiger partial charge in [-0.25, -0.2) is 0 Å². The number of anilines is 1. The first-order chi connectivity index (χ1) is 13.3. The minimum atomic E-state index is -0.152. The smallest absolute Gasteiger partial charge is 0.255 e. The molecule has 1 N–H and O–H groups in total. The summed E-state index contributed by atoms with van der Waals surface area (Å²) in [6.07, 6.45) is 0.895. The Morgan fingerprint density at radius 3 is 2.46 bits per heavy atom. The number of carbonyl (C=O) groups is 1. The summed E-state index contributed by atoms with van der Waals surface area (Å²) in [5.74, 6) is 0.543. The molecule has 5 nitrogen and oxygen atoms in total. The topological polar surface area (TPSA) is 56.2 Å². The van der Waals surface area contributed by atoms with Crippen molar-refractivity contribution < 1.29 is 9.53 Å². The summed E-state index contributed by atoms with van der Waals surface area (Å²) in [6, 6.07) is 15.2. The zero-order valence-electron chi connectivity index (χ0n) is 17.1. The molecule has 1 heterocycles. The van der Waals surface area contributed by atoms with Gasteiger partial charge in [0.25, 0.3) is 5.91 Å². The predicted molar refractivity (Wildman–Crippen MR) is 112 cm³/mol. The van der Waals surface area contributed by atoms with Crippen molar-refractivity contribution in [3.63, 3.8) is 0 Å². The van der Waals surface area contributed by atoms with Gasteiger partial charge >= 0.3 is 0 Å². The molecule has 1 amide bonds. The second-order valence-electron chi connectivity index (χ2n) is 7.30. The molecular weight excluding hydrogens is 350 g/mol. The van der Waals surface area contributed by atoms with E-state index in [1.165, 1.54) is 16.8 Å². The summed E-state index contributed by atoms with van der Waals surface area (Å²) < 4.78 is 7.57. The van der Waals surface area contributed by atoms with Gasteiger partial charge in [-0.2, -0.15) is 5.10 Å². The first kappa shape index (κ1) is 19.7. The number of aromatic nitrogens is 2. The van der Waals surface area contributed by atoms with E-state index < -0.39 is 0 Å². The van der Waals surface area contributed by atoms with Crippen molar-refractivity contribution in [1.29, 1.82) is 0 Å². The number of hydrogen-bond donors (Lipinski definition) is 1. The van der Waals surface area contributed by atoms with E-state index in [9.17, 15) is 4.79 Å². The molecule has 0 bridgehead atoms. The Labute approximate surface area is 166 Å². The molecule has 0 saturated carbocycles. The molecule has 146 valence electrons. The van der Waals surface area contributed by atoms with Crippen LogP contribution >= 0.6 is 0 Å². The molecule has 3 aromatic rings. The van der Waals surface area contributed by atoms with Gasteiger partial charge in [0.1, 0.15) is 5.75 Å². The third kappa shape index (κ3) is 4.60. The highest BCUT2D eigenvalue weighted by atomic mass is 16.5. The molecular formula is C23H27N3O2. The molecule has 1 aromatic heterocycles. The van der Waals surface area contributed by atoms with Crippen molar-refractivity contribution in [2.24, 2.45) is 7.05 Å². The van der Waals surface area contributed by atoms with Gasteiger partial charge in [0.2, 0.25) is 0 Å². The summed E-state index contributed by atoms with van der Waals surface area (Å²) >= 11 is 0. The van der Waals surface area contributed by atoms with Crippen molar-refractivity contribution >= 4 is 11.6 Å². The summed E-state index contributed by atoms with van der Waals surface area (Å²) in [6.45, 7) is 8.04. The van der Waals surface area contributed by atoms with Gasteiger partial charge in [-0.3, -0.25) is 9.48 Å². The summed E-state index contributed by atoms with van der Waals surface area (Å²) in [5, 5.41) is 7.42. The van der Waals surface area contributed by atoms with Crippen LogP contribution in [0.4, 0.5) is 5.69 Å². The quantitative estimate of drug-likeness (QED) is 0.679. The maximum atomic E-state index is 12.5. The zero-order valence-corrected chi connectivity index (χ0v) is 17.1. The average molecular weight is 377 g/mol. The fourth-order valence-electron chi connectivity index (χ4n) is 3.17. The molecule has 0 atom stereocenters. The Kier molecular flexibility index (Phi) is 5.83. The largest absolute Gasteiger partial charge is 0.491 e. The molecule has 3 rings (SSSR count). The lowest BCUT2D eigenvalue weighted by Gasteiger charge is -2.11. The van der Waals surface area contributed by atoms with Crippen LogP contribution in [-0.4, -0.2) is 21.8 Å². The molecule has 0 radical (unpaired) electrons. The lowest BCUT2D eigenvalue weighted by molar-refractivity contribution is 0.102. The van der Waals surface area contributed by atoms with E-state index in [0.29, 0.717) is 11.3 Å². The van der Waals surface area contributed by atoms with Crippen molar-refractivity contribution in [2.75, 3.05) is 5.32 Å². The highest BCUT2D eigenvalue weighted by Gasteiger charge is 2.11.